The molecule has 0 spiro atoms. The summed E-state index contributed by atoms with van der Waals surface area (Å²) in [6.45, 7) is 8.90. The molecule has 1 aromatic carbocycles. The van der Waals surface area contributed by atoms with Crippen molar-refractivity contribution in [1.29, 1.82) is 0 Å². The van der Waals surface area contributed by atoms with Crippen LogP contribution >= 0.6 is 0 Å². The molecule has 3 rings (SSSR count). The Labute approximate surface area is 160 Å². The number of nitrogens with zero attached hydrogens (tertiary/aromatic N) is 3. The van der Waals surface area contributed by atoms with Crippen LogP contribution in [0.2, 0.25) is 0 Å². The molecule has 1 heterocycles. The topological polar surface area (TPSA) is 50.2 Å². The molecule has 0 bridgehead atoms. The highest BCUT2D eigenvalue weighted by molar-refractivity contribution is 5.94. The van der Waals surface area contributed by atoms with Gasteiger partial charge in [-0.25, -0.2) is 9.07 Å². The van der Waals surface area contributed by atoms with Gasteiger partial charge in [-0.15, -0.1) is 0 Å². The number of amides is 1. The molecule has 0 saturated heterocycles. The van der Waals surface area contributed by atoms with E-state index in [1.165, 1.54) is 12.1 Å². The number of likely N-dealkylation sites (N-methyl/N-ethyl adjacent to an activating group) is 1. The van der Waals surface area contributed by atoms with E-state index < -0.39 is 0 Å². The number of hydrogen-bond donors (Lipinski definition) is 1. The van der Waals surface area contributed by atoms with Crippen molar-refractivity contribution < 1.29 is 9.18 Å². The molecule has 2 aromatic rings. The lowest BCUT2D eigenvalue weighted by molar-refractivity contribution is 0.0931. The van der Waals surface area contributed by atoms with E-state index in [-0.39, 0.29) is 17.8 Å². The maximum atomic E-state index is 13.3. The first-order chi connectivity index (χ1) is 13.0. The van der Waals surface area contributed by atoms with Gasteiger partial charge in [0.15, 0.2) is 5.69 Å². The number of fused-ring (bicyclic) bond motifs is 1. The molecule has 0 fully saturated rings. The minimum atomic E-state index is -0.275. The third kappa shape index (κ3) is 4.21. The van der Waals surface area contributed by atoms with Crippen molar-refractivity contribution >= 4 is 5.91 Å². The molecule has 1 N–H and O–H groups in total. The van der Waals surface area contributed by atoms with Crippen LogP contribution in [0.1, 0.15) is 55.4 Å². The number of carbonyl (C=O) groups is 1. The van der Waals surface area contributed by atoms with E-state index in [0.717, 1.165) is 55.7 Å². The first kappa shape index (κ1) is 19.5. The van der Waals surface area contributed by atoms with Crippen molar-refractivity contribution in [3.05, 3.63) is 47.0 Å². The molecule has 5 nitrogen and oxygen atoms in total. The molecule has 6 heteroatoms. The minimum Gasteiger partial charge on any atom is -0.349 e. The van der Waals surface area contributed by atoms with Crippen LogP contribution < -0.4 is 5.32 Å². The highest BCUT2D eigenvalue weighted by atomic mass is 19.1. The van der Waals surface area contributed by atoms with Crippen LogP contribution in [0.5, 0.6) is 0 Å². The van der Waals surface area contributed by atoms with Gasteiger partial charge in [0.2, 0.25) is 0 Å². The van der Waals surface area contributed by atoms with Gasteiger partial charge >= 0.3 is 0 Å². The van der Waals surface area contributed by atoms with Gasteiger partial charge in [-0.2, -0.15) is 5.10 Å². The third-order valence-corrected chi connectivity index (χ3v) is 5.46. The fourth-order valence-electron chi connectivity index (χ4n) is 3.88. The van der Waals surface area contributed by atoms with Crippen molar-refractivity contribution in [2.75, 3.05) is 19.6 Å². The Morgan fingerprint density at radius 1 is 1.22 bits per heavy atom. The second kappa shape index (κ2) is 8.65. The molecule has 1 unspecified atom stereocenters. The highest BCUT2D eigenvalue weighted by Crippen LogP contribution is 2.27. The molecule has 1 aromatic heterocycles. The smallest absolute Gasteiger partial charge is 0.272 e. The van der Waals surface area contributed by atoms with E-state index >= 15 is 0 Å². The zero-order valence-corrected chi connectivity index (χ0v) is 16.5. The predicted molar refractivity (Wildman–Crippen MR) is 105 cm³/mol. The molecule has 1 amide bonds. The number of nitrogens with one attached hydrogen (secondary N) is 1. The summed E-state index contributed by atoms with van der Waals surface area (Å²) < 4.78 is 15.1. The van der Waals surface area contributed by atoms with Crippen LogP contribution in [0, 0.1) is 5.82 Å². The van der Waals surface area contributed by atoms with Crippen molar-refractivity contribution in [1.82, 2.24) is 20.0 Å². The van der Waals surface area contributed by atoms with Crippen LogP contribution in [0.4, 0.5) is 4.39 Å². The van der Waals surface area contributed by atoms with Gasteiger partial charge in [0, 0.05) is 23.8 Å². The summed E-state index contributed by atoms with van der Waals surface area (Å²) in [5.41, 5.74) is 3.43. The molecule has 0 saturated carbocycles. The number of carbonyl (C=O) groups excluding carboxylic acids is 1. The van der Waals surface area contributed by atoms with E-state index in [1.54, 1.807) is 12.1 Å². The predicted octanol–water partition coefficient (Wildman–Crippen LogP) is 3.35. The van der Waals surface area contributed by atoms with Crippen molar-refractivity contribution in [2.24, 2.45) is 0 Å². The van der Waals surface area contributed by atoms with E-state index in [9.17, 15) is 9.18 Å². The van der Waals surface area contributed by atoms with Crippen LogP contribution in [-0.2, 0) is 12.8 Å². The first-order valence-corrected chi connectivity index (χ1v) is 9.94. The minimum absolute atomic E-state index is 0.118. The zero-order valence-electron chi connectivity index (χ0n) is 16.5. The largest absolute Gasteiger partial charge is 0.349 e. The summed E-state index contributed by atoms with van der Waals surface area (Å²) in [5.74, 6) is -0.392. The Hall–Kier alpha value is -2.21. The summed E-state index contributed by atoms with van der Waals surface area (Å²) >= 11 is 0. The summed E-state index contributed by atoms with van der Waals surface area (Å²) in [7, 11) is 0. The van der Waals surface area contributed by atoms with Gasteiger partial charge in [0.05, 0.1) is 5.69 Å². The van der Waals surface area contributed by atoms with Gasteiger partial charge in [0.25, 0.3) is 5.91 Å². The Bertz CT molecular complexity index is 780. The monoisotopic (exact) mass is 372 g/mol. The maximum Gasteiger partial charge on any atom is 0.272 e. The molecule has 146 valence electrons. The molecule has 1 aliphatic carbocycles. The van der Waals surface area contributed by atoms with Crippen LogP contribution in [-0.4, -0.2) is 46.3 Å². The summed E-state index contributed by atoms with van der Waals surface area (Å²) in [4.78, 5) is 15.2. The van der Waals surface area contributed by atoms with E-state index in [1.807, 2.05) is 4.68 Å². The maximum absolute atomic E-state index is 13.3. The highest BCUT2D eigenvalue weighted by Gasteiger charge is 2.26. The van der Waals surface area contributed by atoms with E-state index in [2.05, 4.69) is 36.1 Å². The second-order valence-electron chi connectivity index (χ2n) is 7.15. The third-order valence-electron chi connectivity index (χ3n) is 5.46. The first-order valence-electron chi connectivity index (χ1n) is 9.94. The van der Waals surface area contributed by atoms with Crippen LogP contribution in [0.25, 0.3) is 5.69 Å². The lowest BCUT2D eigenvalue weighted by Crippen LogP contribution is -2.42. The molecule has 0 aliphatic heterocycles. The van der Waals surface area contributed by atoms with Crippen molar-refractivity contribution in [3.63, 3.8) is 0 Å². The zero-order chi connectivity index (χ0) is 19.4. The molecule has 27 heavy (non-hydrogen) atoms. The lowest BCUT2D eigenvalue weighted by Gasteiger charge is -2.26. The molecular formula is C21H29FN4O. The van der Waals surface area contributed by atoms with E-state index in [0.29, 0.717) is 12.2 Å². The summed E-state index contributed by atoms with van der Waals surface area (Å²) in [6, 6.07) is 6.55. The number of halogens is 1. The standard InChI is InChI=1S/C21H29FN4O/c1-4-25(5-2)15(3)14-23-21(27)20-18-8-6-7-9-19(18)26(24-20)17-12-10-16(22)11-13-17/h10-13,15H,4-9,14H2,1-3H3,(H,23,27). The summed E-state index contributed by atoms with van der Waals surface area (Å²) in [6.07, 6.45) is 3.91. The van der Waals surface area contributed by atoms with Crippen molar-refractivity contribution in [3.8, 4) is 5.69 Å². The fourth-order valence-corrected chi connectivity index (χ4v) is 3.88. The van der Waals surface area contributed by atoms with Gasteiger partial charge < -0.3 is 5.32 Å². The normalized spacial score (nSPS) is 14.9. The average molecular weight is 372 g/mol. The second-order valence-corrected chi connectivity index (χ2v) is 7.15. The number of aromatic nitrogens is 2. The molecular weight excluding hydrogens is 343 g/mol. The molecule has 1 atom stereocenters. The summed E-state index contributed by atoms with van der Waals surface area (Å²) in [5, 5.41) is 7.68. The van der Waals surface area contributed by atoms with E-state index in [4.69, 9.17) is 0 Å². The Kier molecular flexibility index (Phi) is 6.26. The SMILES string of the molecule is CCN(CC)C(C)CNC(=O)c1nn(-c2ccc(F)cc2)c2c1CCCC2. The Morgan fingerprint density at radius 2 is 1.89 bits per heavy atom. The van der Waals surface area contributed by atoms with Gasteiger partial charge in [0.1, 0.15) is 5.82 Å². The number of rotatable bonds is 7. The molecule has 0 radical (unpaired) electrons. The number of hydrogen-bond acceptors (Lipinski definition) is 3. The van der Waals surface area contributed by atoms with Crippen molar-refractivity contribution in [2.45, 2.75) is 52.5 Å². The number of benzene rings is 1. The lowest BCUT2D eigenvalue weighted by atomic mass is 9.95. The Morgan fingerprint density at radius 3 is 2.56 bits per heavy atom. The molecule has 1 aliphatic rings. The van der Waals surface area contributed by atoms with Gasteiger partial charge in [-0.1, -0.05) is 13.8 Å². The van der Waals surface area contributed by atoms with Gasteiger partial charge in [-0.3, -0.25) is 9.69 Å². The van der Waals surface area contributed by atoms with Crippen LogP contribution in [0.3, 0.4) is 0 Å². The average Bonchev–Trinajstić information content (AvgIpc) is 3.07. The van der Waals surface area contributed by atoms with Gasteiger partial charge in [-0.05, 0) is 70.0 Å². The van der Waals surface area contributed by atoms with Crippen LogP contribution in [0.15, 0.2) is 24.3 Å². The Balaban J connectivity index is 1.83. The fraction of sp³-hybridized carbons (Fsp3) is 0.524. The quantitative estimate of drug-likeness (QED) is 0.811.